The SMILES string of the molecule is CC(C)C(C)C(Br)c1cccc2ccccc12. The normalized spacial score (nSPS) is 15.1. The summed E-state index contributed by atoms with van der Waals surface area (Å²) in [4.78, 5) is 0.425. The highest BCUT2D eigenvalue weighted by molar-refractivity contribution is 9.09. The maximum absolute atomic E-state index is 3.87. The van der Waals surface area contributed by atoms with Crippen molar-refractivity contribution in [3.05, 3.63) is 48.0 Å². The third-order valence-electron chi connectivity index (χ3n) is 3.63. The molecular weight excluding hydrogens is 272 g/mol. The van der Waals surface area contributed by atoms with Crippen molar-refractivity contribution in [3.8, 4) is 0 Å². The van der Waals surface area contributed by atoms with Crippen molar-refractivity contribution in [2.45, 2.75) is 25.6 Å². The van der Waals surface area contributed by atoms with Gasteiger partial charge in [-0.1, -0.05) is 79.2 Å². The van der Waals surface area contributed by atoms with Gasteiger partial charge in [0.2, 0.25) is 0 Å². The number of benzene rings is 2. The van der Waals surface area contributed by atoms with Crippen LogP contribution in [0.2, 0.25) is 0 Å². The van der Waals surface area contributed by atoms with Gasteiger partial charge >= 0.3 is 0 Å². The summed E-state index contributed by atoms with van der Waals surface area (Å²) in [7, 11) is 0. The van der Waals surface area contributed by atoms with Crippen molar-refractivity contribution in [2.24, 2.45) is 11.8 Å². The molecule has 0 bridgehead atoms. The molecule has 17 heavy (non-hydrogen) atoms. The first-order chi connectivity index (χ1) is 8.11. The number of fused-ring (bicyclic) bond motifs is 1. The van der Waals surface area contributed by atoms with Crippen molar-refractivity contribution in [1.82, 2.24) is 0 Å². The van der Waals surface area contributed by atoms with Crippen LogP contribution in [0.4, 0.5) is 0 Å². The summed E-state index contributed by atoms with van der Waals surface area (Å²) in [6, 6.07) is 15.2. The summed E-state index contributed by atoms with van der Waals surface area (Å²) < 4.78 is 0. The number of halogens is 1. The van der Waals surface area contributed by atoms with E-state index in [2.05, 4.69) is 79.2 Å². The molecule has 2 rings (SSSR count). The third-order valence-corrected chi connectivity index (χ3v) is 4.96. The van der Waals surface area contributed by atoms with Crippen molar-refractivity contribution in [1.29, 1.82) is 0 Å². The smallest absolute Gasteiger partial charge is 0.0429 e. The van der Waals surface area contributed by atoms with Crippen molar-refractivity contribution >= 4 is 26.7 Å². The van der Waals surface area contributed by atoms with E-state index in [0.29, 0.717) is 16.7 Å². The van der Waals surface area contributed by atoms with Gasteiger partial charge in [0.15, 0.2) is 0 Å². The maximum Gasteiger partial charge on any atom is 0.0429 e. The molecule has 0 nitrogen and oxygen atoms in total. The zero-order valence-electron chi connectivity index (χ0n) is 10.7. The molecule has 0 aromatic heterocycles. The quantitative estimate of drug-likeness (QED) is 0.649. The van der Waals surface area contributed by atoms with Crippen LogP contribution >= 0.6 is 15.9 Å². The van der Waals surface area contributed by atoms with Crippen LogP contribution in [0.1, 0.15) is 31.2 Å². The van der Waals surface area contributed by atoms with Crippen LogP contribution in [0.3, 0.4) is 0 Å². The largest absolute Gasteiger partial charge is 0.0836 e. The predicted octanol–water partition coefficient (Wildman–Crippen LogP) is 5.57. The molecule has 0 saturated heterocycles. The molecule has 2 atom stereocenters. The van der Waals surface area contributed by atoms with Crippen LogP contribution in [0, 0.1) is 11.8 Å². The molecule has 1 heteroatoms. The van der Waals surface area contributed by atoms with Crippen LogP contribution in [-0.4, -0.2) is 0 Å². The first-order valence-electron chi connectivity index (χ1n) is 6.23. The van der Waals surface area contributed by atoms with Gasteiger partial charge in [-0.3, -0.25) is 0 Å². The molecule has 2 aromatic carbocycles. The molecule has 0 aliphatic heterocycles. The second-order valence-corrected chi connectivity index (χ2v) is 6.06. The average Bonchev–Trinajstić information content (AvgIpc) is 2.36. The van der Waals surface area contributed by atoms with Gasteiger partial charge in [0.1, 0.15) is 0 Å². The van der Waals surface area contributed by atoms with E-state index in [9.17, 15) is 0 Å². The molecule has 0 aliphatic carbocycles. The van der Waals surface area contributed by atoms with E-state index in [4.69, 9.17) is 0 Å². The molecule has 2 aromatic rings. The topological polar surface area (TPSA) is 0 Å². The first kappa shape index (κ1) is 12.6. The van der Waals surface area contributed by atoms with Gasteiger partial charge in [-0.15, -0.1) is 0 Å². The van der Waals surface area contributed by atoms with Crippen molar-refractivity contribution in [3.63, 3.8) is 0 Å². The second kappa shape index (κ2) is 5.22. The zero-order valence-corrected chi connectivity index (χ0v) is 12.2. The minimum atomic E-state index is 0.425. The molecule has 0 fully saturated rings. The molecule has 0 saturated carbocycles. The summed E-state index contributed by atoms with van der Waals surface area (Å²) in [6.07, 6.45) is 0. The standard InChI is InChI=1S/C16H19Br/c1-11(2)12(3)16(17)15-10-6-8-13-7-4-5-9-14(13)15/h4-12,16H,1-3H3. The molecule has 0 radical (unpaired) electrons. The molecular formula is C16H19Br. The summed E-state index contributed by atoms with van der Waals surface area (Å²) in [5, 5.41) is 2.69. The van der Waals surface area contributed by atoms with E-state index in [-0.39, 0.29) is 0 Å². The van der Waals surface area contributed by atoms with E-state index < -0.39 is 0 Å². The molecule has 2 unspecified atom stereocenters. The van der Waals surface area contributed by atoms with Gasteiger partial charge in [0.25, 0.3) is 0 Å². The van der Waals surface area contributed by atoms with Crippen LogP contribution in [-0.2, 0) is 0 Å². The Morgan fingerprint density at radius 2 is 1.53 bits per heavy atom. The molecule has 0 spiro atoms. The first-order valence-corrected chi connectivity index (χ1v) is 7.14. The van der Waals surface area contributed by atoms with E-state index in [1.54, 1.807) is 0 Å². The minimum absolute atomic E-state index is 0.425. The lowest BCUT2D eigenvalue weighted by molar-refractivity contribution is 0.415. The van der Waals surface area contributed by atoms with Gasteiger partial charge in [-0.05, 0) is 28.2 Å². The fraction of sp³-hybridized carbons (Fsp3) is 0.375. The Morgan fingerprint density at radius 1 is 0.882 bits per heavy atom. The van der Waals surface area contributed by atoms with E-state index in [0.717, 1.165) is 0 Å². The van der Waals surface area contributed by atoms with Gasteiger partial charge in [-0.2, -0.15) is 0 Å². The lowest BCUT2D eigenvalue weighted by Crippen LogP contribution is -2.10. The summed E-state index contributed by atoms with van der Waals surface area (Å²) in [6.45, 7) is 6.87. The number of hydrogen-bond donors (Lipinski definition) is 0. The zero-order chi connectivity index (χ0) is 12.4. The third kappa shape index (κ3) is 2.55. The number of hydrogen-bond acceptors (Lipinski definition) is 0. The van der Waals surface area contributed by atoms with E-state index in [1.807, 2.05) is 0 Å². The van der Waals surface area contributed by atoms with Crippen molar-refractivity contribution < 1.29 is 0 Å². The fourth-order valence-electron chi connectivity index (χ4n) is 2.11. The Bertz CT molecular complexity index is 496. The highest BCUT2D eigenvalue weighted by Crippen LogP contribution is 2.38. The molecule has 0 aliphatic rings. The lowest BCUT2D eigenvalue weighted by atomic mass is 9.89. The highest BCUT2D eigenvalue weighted by Gasteiger charge is 2.20. The van der Waals surface area contributed by atoms with Gasteiger partial charge in [0.05, 0.1) is 0 Å². The van der Waals surface area contributed by atoms with Crippen LogP contribution in [0.25, 0.3) is 10.8 Å². The maximum atomic E-state index is 3.87. The van der Waals surface area contributed by atoms with Crippen LogP contribution < -0.4 is 0 Å². The predicted molar refractivity (Wildman–Crippen MR) is 79.6 cm³/mol. The summed E-state index contributed by atoms with van der Waals surface area (Å²) >= 11 is 3.87. The van der Waals surface area contributed by atoms with Gasteiger partial charge in [0, 0.05) is 4.83 Å². The van der Waals surface area contributed by atoms with Crippen molar-refractivity contribution in [2.75, 3.05) is 0 Å². The summed E-state index contributed by atoms with van der Waals surface area (Å²) in [5.74, 6) is 1.30. The Labute approximate surface area is 112 Å². The van der Waals surface area contributed by atoms with Crippen LogP contribution in [0.15, 0.2) is 42.5 Å². The Balaban J connectivity index is 2.48. The Morgan fingerprint density at radius 3 is 2.24 bits per heavy atom. The average molecular weight is 291 g/mol. The van der Waals surface area contributed by atoms with E-state index >= 15 is 0 Å². The molecule has 0 N–H and O–H groups in total. The summed E-state index contributed by atoms with van der Waals surface area (Å²) in [5.41, 5.74) is 1.41. The monoisotopic (exact) mass is 290 g/mol. The van der Waals surface area contributed by atoms with Gasteiger partial charge < -0.3 is 0 Å². The van der Waals surface area contributed by atoms with E-state index in [1.165, 1.54) is 16.3 Å². The number of rotatable bonds is 3. The molecule has 0 amide bonds. The van der Waals surface area contributed by atoms with Crippen LogP contribution in [0.5, 0.6) is 0 Å². The van der Waals surface area contributed by atoms with Gasteiger partial charge in [-0.25, -0.2) is 0 Å². The molecule has 0 heterocycles. The molecule has 90 valence electrons. The number of alkyl halides is 1. The second-order valence-electron chi connectivity index (χ2n) is 5.07. The minimum Gasteiger partial charge on any atom is -0.0836 e. The lowest BCUT2D eigenvalue weighted by Gasteiger charge is -2.23. The highest BCUT2D eigenvalue weighted by atomic mass is 79.9. The Kier molecular flexibility index (Phi) is 3.88. The Hall–Kier alpha value is -0.820. The fourth-order valence-corrected chi connectivity index (χ4v) is 3.12.